The molecule has 1 aliphatic heterocycles. The van der Waals surface area contributed by atoms with Crippen molar-refractivity contribution in [3.63, 3.8) is 0 Å². The second kappa shape index (κ2) is 7.79. The average molecular weight is 346 g/mol. The highest BCUT2D eigenvalue weighted by Crippen LogP contribution is 2.37. The third kappa shape index (κ3) is 4.06. The Morgan fingerprint density at radius 1 is 1.17 bits per heavy atom. The smallest absolute Gasteiger partial charge is 0.0946 e. The molecule has 0 aliphatic carbocycles. The fourth-order valence-corrected chi connectivity index (χ4v) is 4.51. The molecule has 3 unspecified atom stereocenters. The summed E-state index contributed by atoms with van der Waals surface area (Å²) >= 11 is 1.77. The fraction of sp³-hybridized carbons (Fsp3) is 0.500. The quantitative estimate of drug-likeness (QED) is 0.866. The number of thiophene rings is 1. The zero-order valence-corrected chi connectivity index (χ0v) is 15.2. The summed E-state index contributed by atoms with van der Waals surface area (Å²) in [5.41, 5.74) is 3.96. The van der Waals surface area contributed by atoms with E-state index >= 15 is 0 Å². The monoisotopic (exact) mass is 346 g/mol. The van der Waals surface area contributed by atoms with Crippen LogP contribution in [0.1, 0.15) is 52.3 Å². The first-order chi connectivity index (χ1) is 11.6. The van der Waals surface area contributed by atoms with Gasteiger partial charge in [-0.3, -0.25) is 0 Å². The summed E-state index contributed by atoms with van der Waals surface area (Å²) < 4.78 is 5.94. The molecule has 0 spiro atoms. The lowest BCUT2D eigenvalue weighted by Crippen LogP contribution is -2.33. The number of hydrogen-bond acceptors (Lipinski definition) is 4. The molecule has 2 aromatic rings. The Bertz CT molecular complexity index is 662. The van der Waals surface area contributed by atoms with Crippen LogP contribution >= 0.6 is 11.3 Å². The van der Waals surface area contributed by atoms with Gasteiger partial charge in [-0.05, 0) is 36.1 Å². The normalized spacial score (nSPS) is 24.2. The molecule has 3 atom stereocenters. The van der Waals surface area contributed by atoms with Crippen molar-refractivity contribution in [2.75, 3.05) is 6.61 Å². The van der Waals surface area contributed by atoms with Gasteiger partial charge < -0.3 is 14.9 Å². The number of aliphatic hydroxyl groups excluding tert-OH is 2. The van der Waals surface area contributed by atoms with Gasteiger partial charge in [-0.1, -0.05) is 31.2 Å². The molecule has 0 amide bonds. The molecule has 3 nitrogen and oxygen atoms in total. The summed E-state index contributed by atoms with van der Waals surface area (Å²) in [5, 5.41) is 19.4. The number of rotatable bonds is 5. The van der Waals surface area contributed by atoms with Crippen molar-refractivity contribution >= 4 is 11.3 Å². The number of aryl methyl sites for hydroxylation is 2. The first-order valence-corrected chi connectivity index (χ1v) is 9.52. The molecule has 1 aliphatic rings. The second-order valence-corrected chi connectivity index (χ2v) is 7.82. The maximum atomic E-state index is 10.0. The van der Waals surface area contributed by atoms with Gasteiger partial charge in [-0.2, -0.15) is 0 Å². The van der Waals surface area contributed by atoms with E-state index in [1.165, 1.54) is 21.6 Å². The summed E-state index contributed by atoms with van der Waals surface area (Å²) in [6.07, 6.45) is 2.37. The van der Waals surface area contributed by atoms with E-state index in [1.54, 1.807) is 11.3 Å². The molecule has 24 heavy (non-hydrogen) atoms. The molecule has 0 radical (unpaired) electrons. The highest BCUT2D eigenvalue weighted by atomic mass is 32.1. The molecule has 1 aromatic carbocycles. The highest BCUT2D eigenvalue weighted by molar-refractivity contribution is 7.12. The van der Waals surface area contributed by atoms with Gasteiger partial charge in [-0.15, -0.1) is 11.3 Å². The van der Waals surface area contributed by atoms with Gasteiger partial charge in [0.05, 0.1) is 24.9 Å². The molecular weight excluding hydrogens is 320 g/mol. The molecule has 0 saturated carbocycles. The molecule has 1 aromatic heterocycles. The Morgan fingerprint density at radius 2 is 1.88 bits per heavy atom. The Kier molecular flexibility index (Phi) is 5.72. The van der Waals surface area contributed by atoms with Crippen LogP contribution in [0.5, 0.6) is 0 Å². The van der Waals surface area contributed by atoms with Gasteiger partial charge in [0.2, 0.25) is 0 Å². The van der Waals surface area contributed by atoms with Crippen LogP contribution < -0.4 is 0 Å². The fourth-order valence-electron chi connectivity index (χ4n) is 3.25. The van der Waals surface area contributed by atoms with E-state index in [2.05, 4.69) is 44.2 Å². The Labute approximate surface area is 147 Å². The average Bonchev–Trinajstić information content (AvgIpc) is 2.96. The molecule has 2 heterocycles. The maximum absolute atomic E-state index is 10.0. The van der Waals surface area contributed by atoms with Crippen molar-refractivity contribution in [3.8, 4) is 0 Å². The van der Waals surface area contributed by atoms with Gasteiger partial charge in [0.25, 0.3) is 0 Å². The lowest BCUT2D eigenvalue weighted by Gasteiger charge is -2.31. The molecular formula is C20H26O3S. The molecule has 1 saturated heterocycles. The van der Waals surface area contributed by atoms with Gasteiger partial charge >= 0.3 is 0 Å². The third-order valence-corrected chi connectivity index (χ3v) is 6.06. The number of ether oxygens (including phenoxy) is 1. The predicted octanol–water partition coefficient (Wildman–Crippen LogP) is 3.78. The van der Waals surface area contributed by atoms with Crippen LogP contribution in [-0.4, -0.2) is 29.0 Å². The largest absolute Gasteiger partial charge is 0.394 e. The second-order valence-electron chi connectivity index (χ2n) is 6.66. The van der Waals surface area contributed by atoms with Crippen LogP contribution in [0, 0.1) is 6.92 Å². The van der Waals surface area contributed by atoms with Crippen molar-refractivity contribution in [2.24, 2.45) is 0 Å². The summed E-state index contributed by atoms with van der Waals surface area (Å²) in [6.45, 7) is 4.27. The molecule has 130 valence electrons. The summed E-state index contributed by atoms with van der Waals surface area (Å²) in [7, 11) is 0. The van der Waals surface area contributed by atoms with Crippen LogP contribution in [0.2, 0.25) is 0 Å². The first-order valence-electron chi connectivity index (χ1n) is 8.70. The molecule has 3 rings (SSSR count). The zero-order chi connectivity index (χ0) is 17.1. The molecule has 2 N–H and O–H groups in total. The van der Waals surface area contributed by atoms with Crippen molar-refractivity contribution in [1.29, 1.82) is 0 Å². The van der Waals surface area contributed by atoms with Crippen LogP contribution in [0.4, 0.5) is 0 Å². The lowest BCUT2D eigenvalue weighted by molar-refractivity contribution is -0.112. The minimum Gasteiger partial charge on any atom is -0.394 e. The van der Waals surface area contributed by atoms with E-state index in [4.69, 9.17) is 4.74 Å². The topological polar surface area (TPSA) is 49.7 Å². The van der Waals surface area contributed by atoms with Crippen LogP contribution in [0.25, 0.3) is 0 Å². The lowest BCUT2D eigenvalue weighted by atomic mass is 10.00. The Hall–Kier alpha value is -1.20. The molecule has 1 fully saturated rings. The number of aliphatic hydroxyl groups is 2. The highest BCUT2D eigenvalue weighted by Gasteiger charge is 2.30. The van der Waals surface area contributed by atoms with Gasteiger partial charge in [0, 0.05) is 29.0 Å². The van der Waals surface area contributed by atoms with Gasteiger partial charge in [-0.25, -0.2) is 0 Å². The van der Waals surface area contributed by atoms with E-state index in [0.717, 1.165) is 17.7 Å². The van der Waals surface area contributed by atoms with Crippen molar-refractivity contribution in [2.45, 2.75) is 57.8 Å². The van der Waals surface area contributed by atoms with E-state index in [9.17, 15) is 10.2 Å². The molecule has 0 bridgehead atoms. The third-order valence-electron chi connectivity index (χ3n) is 4.73. The zero-order valence-electron chi connectivity index (χ0n) is 14.4. The van der Waals surface area contributed by atoms with Gasteiger partial charge in [0.1, 0.15) is 0 Å². The van der Waals surface area contributed by atoms with E-state index < -0.39 is 6.10 Å². The maximum Gasteiger partial charge on any atom is 0.0946 e. The summed E-state index contributed by atoms with van der Waals surface area (Å²) in [6, 6.07) is 11.0. The van der Waals surface area contributed by atoms with E-state index in [1.807, 2.05) is 0 Å². The summed E-state index contributed by atoms with van der Waals surface area (Å²) in [5.74, 6) is 0. The van der Waals surface area contributed by atoms with Crippen molar-refractivity contribution in [3.05, 3.63) is 56.8 Å². The van der Waals surface area contributed by atoms with Crippen LogP contribution in [-0.2, 0) is 17.6 Å². The molecule has 4 heteroatoms. The van der Waals surface area contributed by atoms with E-state index in [-0.39, 0.29) is 18.8 Å². The Morgan fingerprint density at radius 3 is 2.54 bits per heavy atom. The summed E-state index contributed by atoms with van der Waals surface area (Å²) in [4.78, 5) is 2.50. The first kappa shape index (κ1) is 17.6. The standard InChI is InChI=1S/C20H26O3S/c1-3-14-4-6-15(7-5-14)9-19-13(2)8-20(24-19)18-11-16(22)10-17(12-21)23-18/h4-8,16-18,21-22H,3,9-12H2,1-2H3. The van der Waals surface area contributed by atoms with Gasteiger partial charge in [0.15, 0.2) is 0 Å². The van der Waals surface area contributed by atoms with E-state index in [0.29, 0.717) is 12.8 Å². The van der Waals surface area contributed by atoms with Crippen LogP contribution in [0.15, 0.2) is 30.3 Å². The van der Waals surface area contributed by atoms with Crippen molar-refractivity contribution in [1.82, 2.24) is 0 Å². The Balaban J connectivity index is 1.74. The predicted molar refractivity (Wildman–Crippen MR) is 97.6 cm³/mol. The SMILES string of the molecule is CCc1ccc(Cc2sc(C3CC(O)CC(CO)O3)cc2C)cc1. The minimum absolute atomic E-state index is 0.0332. The van der Waals surface area contributed by atoms with Crippen LogP contribution in [0.3, 0.4) is 0 Å². The number of benzene rings is 1. The minimum atomic E-state index is -0.395. The van der Waals surface area contributed by atoms with Crippen molar-refractivity contribution < 1.29 is 14.9 Å². The number of hydrogen-bond donors (Lipinski definition) is 2.